The first-order valence-corrected chi connectivity index (χ1v) is 8.85. The van der Waals surface area contributed by atoms with Gasteiger partial charge in [-0.2, -0.15) is 0 Å². The van der Waals surface area contributed by atoms with Crippen LogP contribution in [0.25, 0.3) is 0 Å². The zero-order chi connectivity index (χ0) is 15.6. The number of rotatable bonds is 3. The number of ether oxygens (including phenoxy) is 1. The molecule has 3 aliphatic rings. The van der Waals surface area contributed by atoms with Crippen molar-refractivity contribution in [1.29, 1.82) is 0 Å². The van der Waals surface area contributed by atoms with Crippen LogP contribution in [0.5, 0.6) is 0 Å². The second-order valence-electron chi connectivity index (χ2n) is 6.92. The Morgan fingerprint density at radius 2 is 2.26 bits per heavy atom. The van der Waals surface area contributed by atoms with E-state index in [0.717, 1.165) is 58.2 Å². The quantitative estimate of drug-likeness (QED) is 0.865. The maximum atomic E-state index is 12.5. The Balaban J connectivity index is 1.40. The van der Waals surface area contributed by atoms with Crippen molar-refractivity contribution in [2.24, 2.45) is 5.92 Å². The SMILES string of the molecule is O=C(N[C@@H]1CCC[C@@H]2OCC[C@@H]21)c1ncn([C@H]2CCCNC2)n1. The average molecular weight is 319 g/mol. The van der Waals surface area contributed by atoms with Gasteiger partial charge in [-0.25, -0.2) is 9.67 Å². The summed E-state index contributed by atoms with van der Waals surface area (Å²) in [6, 6.07) is 0.507. The number of piperidine rings is 1. The summed E-state index contributed by atoms with van der Waals surface area (Å²) in [5, 5.41) is 10.9. The Labute approximate surface area is 136 Å². The van der Waals surface area contributed by atoms with Crippen LogP contribution in [0.1, 0.15) is 55.2 Å². The lowest BCUT2D eigenvalue weighted by molar-refractivity contribution is 0.0508. The number of fused-ring (bicyclic) bond motifs is 1. The molecule has 1 aromatic rings. The number of nitrogens with zero attached hydrogens (tertiary/aromatic N) is 3. The van der Waals surface area contributed by atoms with Gasteiger partial charge in [0.1, 0.15) is 6.33 Å². The second kappa shape index (κ2) is 6.57. The first kappa shape index (κ1) is 15.1. The average Bonchev–Trinajstić information content (AvgIpc) is 3.25. The number of hydrogen-bond acceptors (Lipinski definition) is 5. The normalized spacial score (nSPS) is 34.1. The van der Waals surface area contributed by atoms with E-state index < -0.39 is 0 Å². The molecule has 0 bridgehead atoms. The fourth-order valence-electron chi connectivity index (χ4n) is 4.20. The molecular formula is C16H25N5O2. The highest BCUT2D eigenvalue weighted by Gasteiger charge is 2.38. The van der Waals surface area contributed by atoms with E-state index in [-0.39, 0.29) is 17.8 Å². The molecule has 4 atom stereocenters. The maximum Gasteiger partial charge on any atom is 0.291 e. The van der Waals surface area contributed by atoms with Gasteiger partial charge in [-0.1, -0.05) is 0 Å². The van der Waals surface area contributed by atoms with E-state index in [0.29, 0.717) is 18.1 Å². The van der Waals surface area contributed by atoms with Gasteiger partial charge in [-0.05, 0) is 45.1 Å². The van der Waals surface area contributed by atoms with Gasteiger partial charge in [0.05, 0.1) is 12.1 Å². The molecular weight excluding hydrogens is 294 g/mol. The van der Waals surface area contributed by atoms with Crippen LogP contribution in [0.3, 0.4) is 0 Å². The van der Waals surface area contributed by atoms with Crippen LogP contribution in [-0.2, 0) is 4.74 Å². The van der Waals surface area contributed by atoms with Crippen LogP contribution in [0.2, 0.25) is 0 Å². The Bertz CT molecular complexity index is 554. The fourth-order valence-corrected chi connectivity index (χ4v) is 4.20. The summed E-state index contributed by atoms with van der Waals surface area (Å²) in [6.45, 7) is 2.78. The molecule has 4 rings (SSSR count). The highest BCUT2D eigenvalue weighted by atomic mass is 16.5. The van der Waals surface area contributed by atoms with Crippen LogP contribution < -0.4 is 10.6 Å². The lowest BCUT2D eigenvalue weighted by atomic mass is 9.82. The monoisotopic (exact) mass is 319 g/mol. The molecule has 7 nitrogen and oxygen atoms in total. The molecule has 2 aliphatic heterocycles. The number of carbonyl (C=O) groups excluding carboxylic acids is 1. The topological polar surface area (TPSA) is 81.1 Å². The molecule has 1 amide bonds. The molecule has 3 fully saturated rings. The summed E-state index contributed by atoms with van der Waals surface area (Å²) in [6.07, 6.45) is 8.55. The summed E-state index contributed by atoms with van der Waals surface area (Å²) in [4.78, 5) is 16.7. The number of nitrogens with one attached hydrogen (secondary N) is 2. The van der Waals surface area contributed by atoms with Crippen molar-refractivity contribution in [3.05, 3.63) is 12.2 Å². The van der Waals surface area contributed by atoms with Gasteiger partial charge in [0.25, 0.3) is 5.91 Å². The van der Waals surface area contributed by atoms with Crippen LogP contribution >= 0.6 is 0 Å². The van der Waals surface area contributed by atoms with Gasteiger partial charge in [0.15, 0.2) is 0 Å². The van der Waals surface area contributed by atoms with Gasteiger partial charge in [0, 0.05) is 25.1 Å². The highest BCUT2D eigenvalue weighted by Crippen LogP contribution is 2.34. The van der Waals surface area contributed by atoms with Crippen molar-refractivity contribution < 1.29 is 9.53 Å². The van der Waals surface area contributed by atoms with E-state index in [1.54, 1.807) is 6.33 Å². The minimum atomic E-state index is -0.148. The summed E-state index contributed by atoms with van der Waals surface area (Å²) in [5.74, 6) is 0.596. The smallest absolute Gasteiger partial charge is 0.291 e. The van der Waals surface area contributed by atoms with Gasteiger partial charge in [-0.3, -0.25) is 4.79 Å². The summed E-state index contributed by atoms with van der Waals surface area (Å²) in [5.41, 5.74) is 0. The van der Waals surface area contributed by atoms with Gasteiger partial charge in [0.2, 0.25) is 5.82 Å². The fraction of sp³-hybridized carbons (Fsp3) is 0.812. The number of aromatic nitrogens is 3. The third-order valence-electron chi connectivity index (χ3n) is 5.45. The van der Waals surface area contributed by atoms with Crippen molar-refractivity contribution in [2.75, 3.05) is 19.7 Å². The van der Waals surface area contributed by atoms with Crippen molar-refractivity contribution in [3.8, 4) is 0 Å². The largest absolute Gasteiger partial charge is 0.378 e. The zero-order valence-corrected chi connectivity index (χ0v) is 13.4. The molecule has 0 radical (unpaired) electrons. The summed E-state index contributed by atoms with van der Waals surface area (Å²) < 4.78 is 7.60. The minimum Gasteiger partial charge on any atom is -0.378 e. The lowest BCUT2D eigenvalue weighted by Crippen LogP contribution is -2.46. The van der Waals surface area contributed by atoms with Crippen LogP contribution in [-0.4, -0.2) is 52.5 Å². The molecule has 1 saturated carbocycles. The number of amides is 1. The predicted molar refractivity (Wildman–Crippen MR) is 84.1 cm³/mol. The second-order valence-corrected chi connectivity index (χ2v) is 6.92. The first-order chi connectivity index (χ1) is 11.3. The lowest BCUT2D eigenvalue weighted by Gasteiger charge is -2.32. The van der Waals surface area contributed by atoms with E-state index >= 15 is 0 Å². The van der Waals surface area contributed by atoms with Crippen molar-refractivity contribution in [1.82, 2.24) is 25.4 Å². The van der Waals surface area contributed by atoms with Crippen LogP contribution in [0.4, 0.5) is 0 Å². The van der Waals surface area contributed by atoms with Crippen molar-refractivity contribution in [3.63, 3.8) is 0 Å². The first-order valence-electron chi connectivity index (χ1n) is 8.85. The van der Waals surface area contributed by atoms with E-state index in [1.807, 2.05) is 4.68 Å². The summed E-state index contributed by atoms with van der Waals surface area (Å²) >= 11 is 0. The Morgan fingerprint density at radius 1 is 1.30 bits per heavy atom. The molecule has 1 aliphatic carbocycles. The standard InChI is InChI=1S/C16H25N5O2/c22-16(19-13-4-1-5-14-12(13)6-8-23-14)15-18-10-21(20-15)11-3-2-7-17-9-11/h10-14,17H,1-9H2,(H,19,22)/t11-,12+,13+,14-/m0/s1. The molecule has 3 heterocycles. The molecule has 0 aromatic carbocycles. The zero-order valence-electron chi connectivity index (χ0n) is 13.4. The molecule has 1 aromatic heterocycles. The molecule has 2 saturated heterocycles. The minimum absolute atomic E-state index is 0.148. The van der Waals surface area contributed by atoms with Crippen LogP contribution in [0, 0.1) is 5.92 Å². The van der Waals surface area contributed by atoms with Gasteiger partial charge < -0.3 is 15.4 Å². The molecule has 0 unspecified atom stereocenters. The van der Waals surface area contributed by atoms with E-state index in [4.69, 9.17) is 4.74 Å². The Kier molecular flexibility index (Phi) is 4.31. The van der Waals surface area contributed by atoms with Crippen LogP contribution in [0.15, 0.2) is 6.33 Å². The Morgan fingerprint density at radius 3 is 3.13 bits per heavy atom. The predicted octanol–water partition coefficient (Wildman–Crippen LogP) is 0.890. The van der Waals surface area contributed by atoms with Crippen molar-refractivity contribution in [2.45, 2.75) is 56.7 Å². The van der Waals surface area contributed by atoms with E-state index in [9.17, 15) is 4.79 Å². The molecule has 23 heavy (non-hydrogen) atoms. The molecule has 126 valence electrons. The molecule has 2 N–H and O–H groups in total. The summed E-state index contributed by atoms with van der Waals surface area (Å²) in [7, 11) is 0. The maximum absolute atomic E-state index is 12.5. The van der Waals surface area contributed by atoms with Crippen molar-refractivity contribution >= 4 is 5.91 Å². The number of hydrogen-bond donors (Lipinski definition) is 2. The van der Waals surface area contributed by atoms with Gasteiger partial charge in [-0.15, -0.1) is 5.10 Å². The third-order valence-corrected chi connectivity index (χ3v) is 5.45. The molecule has 0 spiro atoms. The molecule has 7 heteroatoms. The number of carbonyl (C=O) groups is 1. The van der Waals surface area contributed by atoms with Gasteiger partial charge >= 0.3 is 0 Å². The van der Waals surface area contributed by atoms with E-state index in [2.05, 4.69) is 20.7 Å². The Hall–Kier alpha value is -1.47. The third kappa shape index (κ3) is 3.12. The van der Waals surface area contributed by atoms with E-state index in [1.165, 1.54) is 0 Å². The highest BCUT2D eigenvalue weighted by molar-refractivity contribution is 5.90.